The topological polar surface area (TPSA) is 95.1 Å². The predicted octanol–water partition coefficient (Wildman–Crippen LogP) is 4.94. The van der Waals surface area contributed by atoms with Gasteiger partial charge in [-0.05, 0) is 91.1 Å². The molecule has 0 saturated heterocycles. The molecule has 0 bridgehead atoms. The van der Waals surface area contributed by atoms with E-state index in [1.165, 1.54) is 5.56 Å². The van der Waals surface area contributed by atoms with Gasteiger partial charge in [0.2, 0.25) is 0 Å². The zero-order chi connectivity index (χ0) is 21.1. The Morgan fingerprint density at radius 3 is 2.77 bits per heavy atom. The van der Waals surface area contributed by atoms with Crippen molar-refractivity contribution in [3.8, 4) is 11.4 Å². The van der Waals surface area contributed by atoms with E-state index in [2.05, 4.69) is 15.5 Å². The van der Waals surface area contributed by atoms with E-state index in [9.17, 15) is 4.79 Å². The summed E-state index contributed by atoms with van der Waals surface area (Å²) in [5.74, 6) is 0.109. The number of aryl methyl sites for hydroxylation is 1. The number of hydrogen-bond donors (Lipinski definition) is 4. The quantitative estimate of drug-likeness (QED) is 0.306. The Bertz CT molecular complexity index is 1150. The Morgan fingerprint density at radius 1 is 1.20 bits per heavy atom. The highest BCUT2D eigenvalue weighted by molar-refractivity contribution is 7.72. The fourth-order valence-electron chi connectivity index (χ4n) is 3.91. The molecule has 0 radical (unpaired) electrons. The molecular weight excluding hydrogens is 420 g/mol. The summed E-state index contributed by atoms with van der Waals surface area (Å²) in [6.07, 6.45) is 3.06. The monoisotopic (exact) mass is 442 g/mol. The summed E-state index contributed by atoms with van der Waals surface area (Å²) in [6.45, 7) is 0.298. The summed E-state index contributed by atoms with van der Waals surface area (Å²) in [4.78, 5) is 11.1. The largest absolute Gasteiger partial charge is 0.481 e. The number of aromatic amines is 2. The Kier molecular flexibility index (Phi) is 6.01. The van der Waals surface area contributed by atoms with Crippen LogP contribution in [0, 0.1) is 9.54 Å². The molecule has 2 aromatic carbocycles. The van der Waals surface area contributed by atoms with Crippen LogP contribution in [0.3, 0.4) is 0 Å². The van der Waals surface area contributed by atoms with Crippen LogP contribution in [0.4, 0.5) is 5.69 Å². The molecule has 1 aliphatic rings. The second kappa shape index (κ2) is 8.85. The number of fused-ring (bicyclic) bond motifs is 1. The first-order valence-electron chi connectivity index (χ1n) is 9.72. The number of nitrogens with one attached hydrogen (secondary N) is 3. The molecule has 3 aromatic rings. The van der Waals surface area contributed by atoms with Crippen LogP contribution in [-0.4, -0.2) is 32.6 Å². The SMILES string of the molecule is O=C(O)CC1CCCc2cc(OCNc3cccc(-n4c(=S)[nH][nH]c4=S)c3)ccc21. The number of carboxylic acids is 1. The van der Waals surface area contributed by atoms with Gasteiger partial charge in [0.25, 0.3) is 0 Å². The fourth-order valence-corrected chi connectivity index (χ4v) is 4.46. The van der Waals surface area contributed by atoms with E-state index in [4.69, 9.17) is 34.3 Å². The van der Waals surface area contributed by atoms with Gasteiger partial charge in [-0.3, -0.25) is 19.6 Å². The molecule has 1 aromatic heterocycles. The molecule has 0 amide bonds. The van der Waals surface area contributed by atoms with Crippen molar-refractivity contribution in [3.63, 3.8) is 0 Å². The predicted molar refractivity (Wildman–Crippen MR) is 120 cm³/mol. The molecule has 1 heterocycles. The molecule has 0 spiro atoms. The lowest BCUT2D eigenvalue weighted by Crippen LogP contribution is -2.14. The van der Waals surface area contributed by atoms with E-state index >= 15 is 0 Å². The highest BCUT2D eigenvalue weighted by Gasteiger charge is 2.22. The van der Waals surface area contributed by atoms with Crippen LogP contribution in [0.5, 0.6) is 5.75 Å². The second-order valence-corrected chi connectivity index (χ2v) is 8.03. The van der Waals surface area contributed by atoms with E-state index in [-0.39, 0.29) is 12.3 Å². The minimum atomic E-state index is -0.748. The number of carboxylic acid groups (broad SMARTS) is 1. The molecule has 9 heteroatoms. The molecule has 4 rings (SSSR count). The summed E-state index contributed by atoms with van der Waals surface area (Å²) in [6, 6.07) is 13.7. The van der Waals surface area contributed by atoms with Crippen LogP contribution in [0.25, 0.3) is 5.69 Å². The molecule has 0 fully saturated rings. The lowest BCUT2D eigenvalue weighted by atomic mass is 9.81. The van der Waals surface area contributed by atoms with Crippen molar-refractivity contribution in [3.05, 3.63) is 63.1 Å². The third kappa shape index (κ3) is 4.47. The third-order valence-corrected chi connectivity index (χ3v) is 5.85. The zero-order valence-corrected chi connectivity index (χ0v) is 17.8. The van der Waals surface area contributed by atoms with E-state index in [1.807, 2.05) is 42.5 Å². The van der Waals surface area contributed by atoms with Crippen molar-refractivity contribution in [2.75, 3.05) is 12.0 Å². The van der Waals surface area contributed by atoms with Crippen LogP contribution in [-0.2, 0) is 11.2 Å². The Hall–Kier alpha value is -2.91. The van der Waals surface area contributed by atoms with Crippen molar-refractivity contribution < 1.29 is 14.6 Å². The lowest BCUT2D eigenvalue weighted by Gasteiger charge is -2.25. The minimum absolute atomic E-state index is 0.0906. The van der Waals surface area contributed by atoms with E-state index in [0.29, 0.717) is 16.3 Å². The molecule has 156 valence electrons. The van der Waals surface area contributed by atoms with Gasteiger partial charge in [-0.15, -0.1) is 0 Å². The normalized spacial score (nSPS) is 15.4. The molecule has 4 N–H and O–H groups in total. The fraction of sp³-hybridized carbons (Fsp3) is 0.286. The minimum Gasteiger partial charge on any atom is -0.481 e. The third-order valence-electron chi connectivity index (χ3n) is 5.28. The van der Waals surface area contributed by atoms with Gasteiger partial charge in [-0.1, -0.05) is 12.1 Å². The van der Waals surface area contributed by atoms with Gasteiger partial charge in [0.1, 0.15) is 5.75 Å². The standard InChI is InChI=1S/C21H22N4O3S2/c26-19(27)10-14-4-1-3-13-9-17(7-8-18(13)14)28-12-22-15-5-2-6-16(11-15)25-20(29)23-24-21(25)30/h2,5-9,11,14,22H,1,3-4,10,12H2,(H,23,29)(H,24,30)(H,26,27). The second-order valence-electron chi connectivity index (χ2n) is 7.26. The van der Waals surface area contributed by atoms with Crippen molar-refractivity contribution in [2.24, 2.45) is 0 Å². The number of hydrogen-bond acceptors (Lipinski definition) is 5. The van der Waals surface area contributed by atoms with Crippen molar-refractivity contribution in [1.82, 2.24) is 14.8 Å². The average Bonchev–Trinajstić information content (AvgIpc) is 3.06. The van der Waals surface area contributed by atoms with Crippen LogP contribution >= 0.6 is 24.4 Å². The van der Waals surface area contributed by atoms with Crippen molar-refractivity contribution in [2.45, 2.75) is 31.6 Å². The number of aliphatic carboxylic acids is 1. The van der Waals surface area contributed by atoms with Gasteiger partial charge in [-0.2, -0.15) is 0 Å². The summed E-state index contributed by atoms with van der Waals surface area (Å²) in [5, 5.41) is 18.0. The molecule has 0 aliphatic heterocycles. The summed E-state index contributed by atoms with van der Waals surface area (Å²) in [5.41, 5.74) is 4.05. The summed E-state index contributed by atoms with van der Waals surface area (Å²) in [7, 11) is 0. The number of ether oxygens (including phenoxy) is 1. The average molecular weight is 443 g/mol. The first-order valence-corrected chi connectivity index (χ1v) is 10.5. The first kappa shape index (κ1) is 20.4. The van der Waals surface area contributed by atoms with Crippen LogP contribution in [0.2, 0.25) is 0 Å². The van der Waals surface area contributed by atoms with E-state index < -0.39 is 5.97 Å². The Morgan fingerprint density at radius 2 is 2.00 bits per heavy atom. The van der Waals surface area contributed by atoms with Gasteiger partial charge in [0, 0.05) is 5.69 Å². The molecule has 0 saturated carbocycles. The molecular formula is C21H22N4O3S2. The number of H-pyrrole nitrogens is 2. The smallest absolute Gasteiger partial charge is 0.303 e. The first-order chi connectivity index (χ1) is 14.5. The van der Waals surface area contributed by atoms with E-state index in [1.54, 1.807) is 4.57 Å². The number of nitrogens with zero attached hydrogens (tertiary/aromatic N) is 1. The number of benzene rings is 2. The maximum atomic E-state index is 11.1. The van der Waals surface area contributed by atoms with Gasteiger partial charge < -0.3 is 15.2 Å². The maximum Gasteiger partial charge on any atom is 0.303 e. The highest BCUT2D eigenvalue weighted by atomic mass is 32.1. The number of rotatable bonds is 7. The van der Waals surface area contributed by atoms with Gasteiger partial charge in [0.05, 0.1) is 12.1 Å². The molecule has 1 aliphatic carbocycles. The van der Waals surface area contributed by atoms with Crippen LogP contribution in [0.1, 0.15) is 36.3 Å². The molecule has 30 heavy (non-hydrogen) atoms. The maximum absolute atomic E-state index is 11.1. The molecule has 7 nitrogen and oxygen atoms in total. The summed E-state index contributed by atoms with van der Waals surface area (Å²) >= 11 is 10.5. The number of carbonyl (C=O) groups is 1. The number of anilines is 1. The van der Waals surface area contributed by atoms with E-state index in [0.717, 1.165) is 42.0 Å². The van der Waals surface area contributed by atoms with Gasteiger partial charge >= 0.3 is 5.97 Å². The lowest BCUT2D eigenvalue weighted by molar-refractivity contribution is -0.137. The highest BCUT2D eigenvalue weighted by Crippen LogP contribution is 2.35. The van der Waals surface area contributed by atoms with Crippen molar-refractivity contribution in [1.29, 1.82) is 0 Å². The molecule has 1 atom stereocenters. The Labute approximate surface area is 183 Å². The summed E-state index contributed by atoms with van der Waals surface area (Å²) < 4.78 is 8.63. The van der Waals surface area contributed by atoms with Gasteiger partial charge in [0.15, 0.2) is 16.3 Å². The van der Waals surface area contributed by atoms with Gasteiger partial charge in [-0.25, -0.2) is 0 Å². The molecule has 1 unspecified atom stereocenters. The van der Waals surface area contributed by atoms with Crippen LogP contribution < -0.4 is 10.1 Å². The Balaban J connectivity index is 1.42. The number of aromatic nitrogens is 3. The van der Waals surface area contributed by atoms with Crippen LogP contribution in [0.15, 0.2) is 42.5 Å². The van der Waals surface area contributed by atoms with Crippen molar-refractivity contribution >= 4 is 36.1 Å². The zero-order valence-electron chi connectivity index (χ0n) is 16.2.